The van der Waals surface area contributed by atoms with Crippen molar-refractivity contribution in [3.8, 4) is 0 Å². The lowest BCUT2D eigenvalue weighted by Crippen LogP contribution is -2.17. The van der Waals surface area contributed by atoms with Crippen LogP contribution in [-0.2, 0) is 11.8 Å². The second kappa shape index (κ2) is 6.16. The first-order valence-corrected chi connectivity index (χ1v) is 8.62. The van der Waals surface area contributed by atoms with Crippen molar-refractivity contribution in [2.45, 2.75) is 70.1 Å². The molecule has 0 heterocycles. The van der Waals surface area contributed by atoms with E-state index in [1.54, 1.807) is 11.1 Å². The highest BCUT2D eigenvalue weighted by molar-refractivity contribution is 5.44. The minimum absolute atomic E-state index is 0.536. The highest BCUT2D eigenvalue weighted by Crippen LogP contribution is 2.60. The topological polar surface area (TPSA) is 0 Å². The highest BCUT2D eigenvalue weighted by atomic mass is 14.6. The average molecular weight is 268 g/mol. The lowest BCUT2D eigenvalue weighted by atomic mass is 9.78. The van der Waals surface area contributed by atoms with Crippen LogP contribution in [0.3, 0.4) is 0 Å². The first-order valence-electron chi connectivity index (χ1n) is 8.62. The fourth-order valence-corrected chi connectivity index (χ4v) is 4.09. The lowest BCUT2D eigenvalue weighted by Gasteiger charge is -2.26. The molecule has 1 aromatic rings. The van der Waals surface area contributed by atoms with Gasteiger partial charge in [0.05, 0.1) is 0 Å². The molecule has 0 saturated heterocycles. The first kappa shape index (κ1) is 13.9. The second-order valence-corrected chi connectivity index (χ2v) is 6.75. The summed E-state index contributed by atoms with van der Waals surface area (Å²) in [5.41, 5.74) is 3.83. The van der Waals surface area contributed by atoms with E-state index in [0.717, 1.165) is 5.92 Å². The lowest BCUT2D eigenvalue weighted by molar-refractivity contribution is 0.520. The fraction of sp³-hybridized carbons (Fsp3) is 0.600. The largest absolute Gasteiger partial charge is 0.0882 e. The van der Waals surface area contributed by atoms with Gasteiger partial charge in [-0.25, -0.2) is 0 Å². The molecule has 1 saturated carbocycles. The zero-order valence-corrected chi connectivity index (χ0v) is 12.9. The van der Waals surface area contributed by atoms with Gasteiger partial charge in [0, 0.05) is 5.41 Å². The molecule has 1 fully saturated rings. The molecule has 2 atom stereocenters. The van der Waals surface area contributed by atoms with Gasteiger partial charge in [-0.3, -0.25) is 0 Å². The zero-order valence-electron chi connectivity index (χ0n) is 12.9. The SMILES string of the molecule is CCCCCC/C=C/[C@@H]1C[C@]12CCCc1ccccc12. The number of fused-ring (bicyclic) bond motifs is 2. The monoisotopic (exact) mass is 268 g/mol. The molecule has 1 aromatic carbocycles. The smallest absolute Gasteiger partial charge is 0.00248 e. The molecule has 0 unspecified atom stereocenters. The van der Waals surface area contributed by atoms with Gasteiger partial charge in [0.2, 0.25) is 0 Å². The van der Waals surface area contributed by atoms with Gasteiger partial charge >= 0.3 is 0 Å². The Hall–Kier alpha value is -1.04. The van der Waals surface area contributed by atoms with Crippen molar-refractivity contribution >= 4 is 0 Å². The molecule has 2 aliphatic rings. The molecule has 0 amide bonds. The van der Waals surface area contributed by atoms with Crippen molar-refractivity contribution in [1.82, 2.24) is 0 Å². The molecule has 2 aliphatic carbocycles. The summed E-state index contributed by atoms with van der Waals surface area (Å²) in [7, 11) is 0. The van der Waals surface area contributed by atoms with Crippen LogP contribution < -0.4 is 0 Å². The molecule has 108 valence electrons. The number of aryl methyl sites for hydroxylation is 1. The van der Waals surface area contributed by atoms with Gasteiger partial charge in [-0.05, 0) is 55.6 Å². The molecule has 0 aliphatic heterocycles. The molecule has 0 nitrogen and oxygen atoms in total. The Morgan fingerprint density at radius 1 is 1.20 bits per heavy atom. The van der Waals surface area contributed by atoms with E-state index in [0.29, 0.717) is 5.41 Å². The molecule has 0 bridgehead atoms. The number of rotatable bonds is 6. The Bertz CT molecular complexity index is 471. The summed E-state index contributed by atoms with van der Waals surface area (Å²) in [4.78, 5) is 0. The predicted molar refractivity (Wildman–Crippen MR) is 87.1 cm³/mol. The Kier molecular flexibility index (Phi) is 4.29. The number of hydrogen-bond donors (Lipinski definition) is 0. The van der Waals surface area contributed by atoms with Gasteiger partial charge in [-0.2, -0.15) is 0 Å². The Morgan fingerprint density at radius 2 is 2.10 bits per heavy atom. The number of unbranched alkanes of at least 4 members (excludes halogenated alkanes) is 4. The Balaban J connectivity index is 1.57. The van der Waals surface area contributed by atoms with Crippen LogP contribution in [0.5, 0.6) is 0 Å². The van der Waals surface area contributed by atoms with Crippen LogP contribution in [-0.4, -0.2) is 0 Å². The second-order valence-electron chi connectivity index (χ2n) is 6.75. The van der Waals surface area contributed by atoms with Gasteiger partial charge in [0.15, 0.2) is 0 Å². The van der Waals surface area contributed by atoms with Crippen LogP contribution in [0.15, 0.2) is 36.4 Å². The van der Waals surface area contributed by atoms with E-state index in [-0.39, 0.29) is 0 Å². The van der Waals surface area contributed by atoms with E-state index in [1.165, 1.54) is 57.8 Å². The summed E-state index contributed by atoms with van der Waals surface area (Å²) in [6.07, 6.45) is 17.3. The third-order valence-electron chi connectivity index (χ3n) is 5.35. The molecule has 0 radical (unpaired) electrons. The fourth-order valence-electron chi connectivity index (χ4n) is 4.09. The van der Waals surface area contributed by atoms with Crippen molar-refractivity contribution in [1.29, 1.82) is 0 Å². The standard InChI is InChI=1S/C20H28/c1-2-3-4-5-6-7-13-18-16-20(18)15-10-12-17-11-8-9-14-19(17)20/h7-9,11,13-14,18H,2-6,10,12,15-16H2,1H3/b13-7+/t18-,20-/m1/s1. The molecule has 0 N–H and O–H groups in total. The molecule has 1 spiro atoms. The van der Waals surface area contributed by atoms with Gasteiger partial charge in [-0.15, -0.1) is 0 Å². The number of hydrogen-bond acceptors (Lipinski definition) is 0. The summed E-state index contributed by atoms with van der Waals surface area (Å²) in [6, 6.07) is 9.18. The summed E-state index contributed by atoms with van der Waals surface area (Å²) >= 11 is 0. The average Bonchev–Trinajstić information content (AvgIpc) is 3.17. The summed E-state index contributed by atoms with van der Waals surface area (Å²) in [6.45, 7) is 2.28. The summed E-state index contributed by atoms with van der Waals surface area (Å²) < 4.78 is 0. The van der Waals surface area contributed by atoms with Gasteiger partial charge in [0.25, 0.3) is 0 Å². The first-order chi connectivity index (χ1) is 9.87. The number of allylic oxidation sites excluding steroid dienone is 2. The van der Waals surface area contributed by atoms with Gasteiger partial charge in [-0.1, -0.05) is 62.6 Å². The maximum atomic E-state index is 2.54. The van der Waals surface area contributed by atoms with Gasteiger partial charge < -0.3 is 0 Å². The van der Waals surface area contributed by atoms with Crippen LogP contribution in [0, 0.1) is 5.92 Å². The predicted octanol–water partition coefficient (Wildman–Crippen LogP) is 5.81. The number of benzene rings is 1. The van der Waals surface area contributed by atoms with Crippen LogP contribution in [0.25, 0.3) is 0 Å². The van der Waals surface area contributed by atoms with E-state index in [1.807, 2.05) is 0 Å². The van der Waals surface area contributed by atoms with Crippen LogP contribution in [0.2, 0.25) is 0 Å². The highest BCUT2D eigenvalue weighted by Gasteiger charge is 2.54. The molecule has 20 heavy (non-hydrogen) atoms. The molecular weight excluding hydrogens is 240 g/mol. The third kappa shape index (κ3) is 2.71. The van der Waals surface area contributed by atoms with E-state index in [2.05, 4.69) is 43.3 Å². The van der Waals surface area contributed by atoms with Gasteiger partial charge in [0.1, 0.15) is 0 Å². The van der Waals surface area contributed by atoms with Crippen LogP contribution in [0.1, 0.15) is 69.4 Å². The van der Waals surface area contributed by atoms with Crippen LogP contribution in [0.4, 0.5) is 0 Å². The van der Waals surface area contributed by atoms with Crippen molar-refractivity contribution in [2.24, 2.45) is 5.92 Å². The third-order valence-corrected chi connectivity index (χ3v) is 5.35. The van der Waals surface area contributed by atoms with Crippen molar-refractivity contribution in [2.75, 3.05) is 0 Å². The van der Waals surface area contributed by atoms with Crippen molar-refractivity contribution < 1.29 is 0 Å². The molecule has 0 aromatic heterocycles. The van der Waals surface area contributed by atoms with Crippen LogP contribution >= 0.6 is 0 Å². The molecule has 3 rings (SSSR count). The summed E-state index contributed by atoms with van der Waals surface area (Å²) in [5.74, 6) is 0.829. The van der Waals surface area contributed by atoms with E-state index < -0.39 is 0 Å². The quantitative estimate of drug-likeness (QED) is 0.451. The zero-order chi connectivity index (χ0) is 13.8. The summed E-state index contributed by atoms with van der Waals surface area (Å²) in [5, 5.41) is 0. The van der Waals surface area contributed by atoms with E-state index in [9.17, 15) is 0 Å². The molecular formula is C20H28. The van der Waals surface area contributed by atoms with Crippen molar-refractivity contribution in [3.63, 3.8) is 0 Å². The normalized spacial score (nSPS) is 27.9. The van der Waals surface area contributed by atoms with Crippen molar-refractivity contribution in [3.05, 3.63) is 47.5 Å². The minimum atomic E-state index is 0.536. The maximum Gasteiger partial charge on any atom is 0.00248 e. The van der Waals surface area contributed by atoms with E-state index >= 15 is 0 Å². The molecule has 0 heteroatoms. The Labute approximate surface area is 124 Å². The minimum Gasteiger partial charge on any atom is -0.0882 e. The van der Waals surface area contributed by atoms with E-state index in [4.69, 9.17) is 0 Å². The Morgan fingerprint density at radius 3 is 3.00 bits per heavy atom. The maximum absolute atomic E-state index is 2.54.